The van der Waals surface area contributed by atoms with Gasteiger partial charge in [-0.2, -0.15) is 0 Å². The van der Waals surface area contributed by atoms with Crippen LogP contribution < -0.4 is 0 Å². The van der Waals surface area contributed by atoms with Gasteiger partial charge in [0.1, 0.15) is 0 Å². The number of carbonyl (C=O) groups is 2. The van der Waals surface area contributed by atoms with Gasteiger partial charge in [0.2, 0.25) is 0 Å². The number of ether oxygens (including phenoxy) is 6. The molecule has 2 fully saturated rings. The van der Waals surface area contributed by atoms with E-state index >= 15 is 0 Å². The van der Waals surface area contributed by atoms with Crippen LogP contribution in [0.2, 0.25) is 0 Å². The fraction of sp³-hybridized carbons (Fsp3) is 0.905. The van der Waals surface area contributed by atoms with Gasteiger partial charge in [0.05, 0.1) is 38.6 Å². The normalized spacial score (nSPS) is 25.7. The number of hydrogen-bond donors (Lipinski definition) is 0. The molecule has 0 spiro atoms. The molecule has 2 saturated heterocycles. The summed E-state index contributed by atoms with van der Waals surface area (Å²) < 4.78 is 33.3. The Kier molecular flexibility index (Phi) is 8.07. The van der Waals surface area contributed by atoms with Crippen molar-refractivity contribution in [3.05, 3.63) is 0 Å². The van der Waals surface area contributed by atoms with Crippen LogP contribution in [0.25, 0.3) is 0 Å². The largest absolute Gasteiger partial charge is 0.465 e. The number of esters is 2. The van der Waals surface area contributed by atoms with Gasteiger partial charge in [-0.3, -0.25) is 9.59 Å². The summed E-state index contributed by atoms with van der Waals surface area (Å²) in [4.78, 5) is 25.5. The molecule has 0 saturated carbocycles. The van der Waals surface area contributed by atoms with Gasteiger partial charge in [0, 0.05) is 12.8 Å². The Labute approximate surface area is 173 Å². The van der Waals surface area contributed by atoms with Crippen LogP contribution in [0, 0.1) is 5.41 Å². The van der Waals surface area contributed by atoms with E-state index in [2.05, 4.69) is 0 Å². The lowest BCUT2D eigenvalue weighted by Crippen LogP contribution is -2.41. The van der Waals surface area contributed by atoms with Crippen molar-refractivity contribution in [2.45, 2.75) is 91.0 Å². The molecule has 29 heavy (non-hydrogen) atoms. The fourth-order valence-electron chi connectivity index (χ4n) is 3.56. The maximum absolute atomic E-state index is 12.7. The molecule has 0 bridgehead atoms. The highest BCUT2D eigenvalue weighted by atomic mass is 16.7. The minimum absolute atomic E-state index is 0.125. The zero-order valence-corrected chi connectivity index (χ0v) is 18.6. The summed E-state index contributed by atoms with van der Waals surface area (Å²) >= 11 is 0. The van der Waals surface area contributed by atoms with E-state index in [9.17, 15) is 9.59 Å². The van der Waals surface area contributed by atoms with Gasteiger partial charge >= 0.3 is 11.9 Å². The SMILES string of the molecule is CCC(CC)(C(=O)OCCC1COC(C)(C)O1)C(=O)OCCC1COC(C)(C)O1. The Balaban J connectivity index is 1.80. The molecule has 2 unspecified atom stereocenters. The lowest BCUT2D eigenvalue weighted by atomic mass is 9.82. The van der Waals surface area contributed by atoms with Crippen molar-refractivity contribution in [3.8, 4) is 0 Å². The first-order valence-electron chi connectivity index (χ1n) is 10.5. The quantitative estimate of drug-likeness (QED) is 0.397. The highest BCUT2D eigenvalue weighted by Gasteiger charge is 2.46. The van der Waals surface area contributed by atoms with Gasteiger partial charge in [0.25, 0.3) is 0 Å². The van der Waals surface area contributed by atoms with Gasteiger partial charge in [0.15, 0.2) is 17.0 Å². The maximum atomic E-state index is 12.7. The Hall–Kier alpha value is -1.22. The van der Waals surface area contributed by atoms with E-state index in [1.807, 2.05) is 27.7 Å². The minimum Gasteiger partial charge on any atom is -0.465 e. The maximum Gasteiger partial charge on any atom is 0.323 e. The van der Waals surface area contributed by atoms with E-state index < -0.39 is 28.9 Å². The zero-order valence-electron chi connectivity index (χ0n) is 18.6. The summed E-state index contributed by atoms with van der Waals surface area (Å²) in [6.07, 6.45) is 1.41. The van der Waals surface area contributed by atoms with E-state index in [0.717, 1.165) is 0 Å². The second kappa shape index (κ2) is 9.73. The highest BCUT2D eigenvalue weighted by Crippen LogP contribution is 2.31. The molecule has 0 N–H and O–H groups in total. The second-order valence-corrected chi connectivity index (χ2v) is 8.54. The molecule has 0 amide bonds. The van der Waals surface area contributed by atoms with Crippen LogP contribution >= 0.6 is 0 Å². The van der Waals surface area contributed by atoms with Crippen LogP contribution in [0.15, 0.2) is 0 Å². The fourth-order valence-corrected chi connectivity index (χ4v) is 3.56. The molecule has 2 heterocycles. The third-order valence-electron chi connectivity index (χ3n) is 5.47. The second-order valence-electron chi connectivity index (χ2n) is 8.54. The van der Waals surface area contributed by atoms with Gasteiger partial charge in [-0.15, -0.1) is 0 Å². The van der Waals surface area contributed by atoms with Crippen molar-refractivity contribution >= 4 is 11.9 Å². The molecule has 168 valence electrons. The van der Waals surface area contributed by atoms with Gasteiger partial charge < -0.3 is 28.4 Å². The summed E-state index contributed by atoms with van der Waals surface area (Å²) in [6.45, 7) is 12.2. The molecule has 0 aromatic rings. The lowest BCUT2D eigenvalue weighted by molar-refractivity contribution is -0.174. The van der Waals surface area contributed by atoms with E-state index in [4.69, 9.17) is 28.4 Å². The lowest BCUT2D eigenvalue weighted by Gasteiger charge is -2.27. The number of carbonyl (C=O) groups excluding carboxylic acids is 2. The molecular formula is C21H36O8. The van der Waals surface area contributed by atoms with Crippen molar-refractivity contribution in [3.63, 3.8) is 0 Å². The molecule has 0 aromatic carbocycles. The molecule has 0 radical (unpaired) electrons. The monoisotopic (exact) mass is 416 g/mol. The van der Waals surface area contributed by atoms with Crippen LogP contribution in [0.1, 0.15) is 67.2 Å². The van der Waals surface area contributed by atoms with Crippen LogP contribution in [-0.2, 0) is 38.0 Å². The molecule has 2 atom stereocenters. The van der Waals surface area contributed by atoms with Crippen LogP contribution in [0.4, 0.5) is 0 Å². The minimum atomic E-state index is -1.29. The first kappa shape index (κ1) is 24.1. The zero-order chi connectivity index (χ0) is 21.7. The third kappa shape index (κ3) is 6.38. The summed E-state index contributed by atoms with van der Waals surface area (Å²) in [7, 11) is 0. The third-order valence-corrected chi connectivity index (χ3v) is 5.47. The van der Waals surface area contributed by atoms with Crippen molar-refractivity contribution < 1.29 is 38.0 Å². The first-order chi connectivity index (χ1) is 13.5. The first-order valence-corrected chi connectivity index (χ1v) is 10.5. The van der Waals surface area contributed by atoms with Gasteiger partial charge in [-0.25, -0.2) is 0 Å². The Morgan fingerprint density at radius 1 is 0.828 bits per heavy atom. The highest BCUT2D eigenvalue weighted by molar-refractivity contribution is 5.99. The molecule has 0 aliphatic carbocycles. The molecule has 2 aliphatic heterocycles. The summed E-state index contributed by atoms with van der Waals surface area (Å²) in [5.74, 6) is -2.32. The molecule has 0 aromatic heterocycles. The standard InChI is InChI=1S/C21H36O8/c1-7-21(8-2,17(22)24-11-9-15-13-26-19(3,4)28-15)18(23)25-12-10-16-14-27-20(5,6)29-16/h15-16H,7-14H2,1-6H3. The Bertz CT molecular complexity index is 521. The summed E-state index contributed by atoms with van der Waals surface area (Å²) in [5, 5.41) is 0. The average Bonchev–Trinajstić information content (AvgIpc) is 3.17. The van der Waals surface area contributed by atoms with Gasteiger partial charge in [-0.05, 0) is 40.5 Å². The molecule has 8 heteroatoms. The van der Waals surface area contributed by atoms with Crippen LogP contribution in [-0.4, -0.2) is 62.1 Å². The van der Waals surface area contributed by atoms with Crippen molar-refractivity contribution in [1.82, 2.24) is 0 Å². The topological polar surface area (TPSA) is 89.5 Å². The van der Waals surface area contributed by atoms with E-state index in [0.29, 0.717) is 38.9 Å². The van der Waals surface area contributed by atoms with Crippen LogP contribution in [0.3, 0.4) is 0 Å². The molecule has 2 rings (SSSR count). The predicted octanol–water partition coefficient (Wildman–Crippen LogP) is 2.96. The van der Waals surface area contributed by atoms with Crippen molar-refractivity contribution in [2.75, 3.05) is 26.4 Å². The molecule has 2 aliphatic rings. The summed E-state index contributed by atoms with van der Waals surface area (Å²) in [5.41, 5.74) is -1.29. The van der Waals surface area contributed by atoms with E-state index in [1.54, 1.807) is 13.8 Å². The van der Waals surface area contributed by atoms with Crippen molar-refractivity contribution in [2.24, 2.45) is 5.41 Å². The van der Waals surface area contributed by atoms with E-state index in [1.165, 1.54) is 0 Å². The average molecular weight is 417 g/mol. The number of rotatable bonds is 10. The Morgan fingerprint density at radius 2 is 1.21 bits per heavy atom. The van der Waals surface area contributed by atoms with Gasteiger partial charge in [-0.1, -0.05) is 13.8 Å². The molecule has 8 nitrogen and oxygen atoms in total. The summed E-state index contributed by atoms with van der Waals surface area (Å²) in [6, 6.07) is 0. The Morgan fingerprint density at radius 3 is 1.48 bits per heavy atom. The predicted molar refractivity (Wildman–Crippen MR) is 104 cm³/mol. The molecular weight excluding hydrogens is 380 g/mol. The van der Waals surface area contributed by atoms with E-state index in [-0.39, 0.29) is 25.4 Å². The van der Waals surface area contributed by atoms with Crippen LogP contribution in [0.5, 0.6) is 0 Å². The van der Waals surface area contributed by atoms with Crippen molar-refractivity contribution in [1.29, 1.82) is 0 Å². The number of hydrogen-bond acceptors (Lipinski definition) is 8. The smallest absolute Gasteiger partial charge is 0.323 e.